The molecule has 0 bridgehead atoms. The first-order valence-electron chi connectivity index (χ1n) is 4.98. The van der Waals surface area contributed by atoms with Crippen molar-refractivity contribution in [3.05, 3.63) is 47.3 Å². The third-order valence-corrected chi connectivity index (χ3v) is 2.51. The molecule has 0 saturated carbocycles. The van der Waals surface area contributed by atoms with E-state index in [1.54, 1.807) is 6.07 Å². The molecule has 0 heterocycles. The minimum Gasteiger partial charge on any atom is -0.310 e. The fraction of sp³-hybridized carbons (Fsp3) is 0.333. The molecule has 3 heteroatoms. The maximum atomic E-state index is 13.2. The number of halogens is 2. The molecule has 0 amide bonds. The van der Waals surface area contributed by atoms with E-state index in [4.69, 9.17) is 11.6 Å². The molecule has 1 aromatic rings. The fourth-order valence-corrected chi connectivity index (χ4v) is 1.60. The number of benzene rings is 1. The molecule has 0 saturated heterocycles. The number of nitrogens with one attached hydrogen (secondary N) is 1. The second-order valence-electron chi connectivity index (χ2n) is 3.31. The second-order valence-corrected chi connectivity index (χ2v) is 3.72. The molecule has 0 aliphatic heterocycles. The van der Waals surface area contributed by atoms with E-state index in [1.165, 1.54) is 6.07 Å². The van der Waals surface area contributed by atoms with Crippen LogP contribution in [0.4, 0.5) is 4.39 Å². The molecule has 1 unspecified atom stereocenters. The summed E-state index contributed by atoms with van der Waals surface area (Å²) in [6.07, 6.45) is 2.59. The molecule has 82 valence electrons. The first-order valence-corrected chi connectivity index (χ1v) is 5.36. The molecule has 0 aliphatic rings. The molecular formula is C12H15ClFN. The Morgan fingerprint density at radius 1 is 1.60 bits per heavy atom. The predicted octanol–water partition coefficient (Wildman–Crippen LogP) is 3.71. The lowest BCUT2D eigenvalue weighted by atomic mass is 10.0. The van der Waals surface area contributed by atoms with Gasteiger partial charge in [0.2, 0.25) is 0 Å². The molecule has 1 N–H and O–H groups in total. The average Bonchev–Trinajstić information content (AvgIpc) is 2.22. The van der Waals surface area contributed by atoms with Crippen LogP contribution in [0.5, 0.6) is 0 Å². The van der Waals surface area contributed by atoms with E-state index in [1.807, 2.05) is 19.1 Å². The summed E-state index contributed by atoms with van der Waals surface area (Å²) in [6, 6.07) is 5.00. The summed E-state index contributed by atoms with van der Waals surface area (Å²) in [5.41, 5.74) is 0.902. The van der Waals surface area contributed by atoms with Crippen LogP contribution in [0.15, 0.2) is 30.9 Å². The van der Waals surface area contributed by atoms with Crippen LogP contribution in [0, 0.1) is 5.82 Å². The number of hydrogen-bond donors (Lipinski definition) is 1. The highest BCUT2D eigenvalue weighted by molar-refractivity contribution is 6.30. The van der Waals surface area contributed by atoms with Crippen LogP contribution in [0.2, 0.25) is 5.02 Å². The Balaban J connectivity index is 2.89. The first-order chi connectivity index (χ1) is 7.19. The Bertz CT molecular complexity index is 338. The summed E-state index contributed by atoms with van der Waals surface area (Å²) in [5.74, 6) is -0.374. The number of rotatable bonds is 5. The highest BCUT2D eigenvalue weighted by Gasteiger charge is 2.10. The van der Waals surface area contributed by atoms with Gasteiger partial charge >= 0.3 is 0 Å². The Hall–Kier alpha value is -0.860. The van der Waals surface area contributed by atoms with Gasteiger partial charge in [0.1, 0.15) is 5.82 Å². The summed E-state index contributed by atoms with van der Waals surface area (Å²) in [5, 5.41) is 3.43. The van der Waals surface area contributed by atoms with Gasteiger partial charge in [-0.2, -0.15) is 0 Å². The molecule has 0 aliphatic carbocycles. The van der Waals surface area contributed by atoms with Gasteiger partial charge in [-0.3, -0.25) is 0 Å². The molecule has 1 atom stereocenters. The molecule has 0 spiro atoms. The Labute approximate surface area is 95.0 Å². The summed E-state index contributed by atoms with van der Waals surface area (Å²) < 4.78 is 13.2. The van der Waals surface area contributed by atoms with Gasteiger partial charge in [0, 0.05) is 6.04 Å². The molecule has 0 aromatic heterocycles. The zero-order valence-electron chi connectivity index (χ0n) is 8.76. The summed E-state index contributed by atoms with van der Waals surface area (Å²) in [4.78, 5) is 0. The van der Waals surface area contributed by atoms with Gasteiger partial charge in [0.25, 0.3) is 0 Å². The van der Waals surface area contributed by atoms with E-state index in [9.17, 15) is 4.39 Å². The van der Waals surface area contributed by atoms with Crippen molar-refractivity contribution in [1.29, 1.82) is 0 Å². The van der Waals surface area contributed by atoms with Crippen LogP contribution in [-0.2, 0) is 0 Å². The normalized spacial score (nSPS) is 12.5. The third-order valence-electron chi connectivity index (χ3n) is 2.20. The lowest BCUT2D eigenvalue weighted by Gasteiger charge is -2.16. The SMILES string of the molecule is C=CCC(NCC)c1ccc(Cl)c(F)c1. The van der Waals surface area contributed by atoms with Crippen LogP contribution in [0.1, 0.15) is 24.9 Å². The van der Waals surface area contributed by atoms with Crippen LogP contribution < -0.4 is 5.32 Å². The van der Waals surface area contributed by atoms with E-state index < -0.39 is 0 Å². The van der Waals surface area contributed by atoms with Crippen molar-refractivity contribution < 1.29 is 4.39 Å². The van der Waals surface area contributed by atoms with Gasteiger partial charge in [0.05, 0.1) is 5.02 Å². The topological polar surface area (TPSA) is 12.0 Å². The molecule has 0 radical (unpaired) electrons. The highest BCUT2D eigenvalue weighted by atomic mass is 35.5. The van der Waals surface area contributed by atoms with Crippen molar-refractivity contribution in [3.8, 4) is 0 Å². The van der Waals surface area contributed by atoms with E-state index in [0.29, 0.717) is 0 Å². The summed E-state index contributed by atoms with van der Waals surface area (Å²) >= 11 is 5.62. The van der Waals surface area contributed by atoms with Crippen LogP contribution in [0.25, 0.3) is 0 Å². The standard InChI is InChI=1S/C12H15ClFN/c1-3-5-12(15-4-2)9-6-7-10(13)11(14)8-9/h3,6-8,12,15H,1,4-5H2,2H3. The van der Waals surface area contributed by atoms with E-state index in [-0.39, 0.29) is 16.9 Å². The predicted molar refractivity (Wildman–Crippen MR) is 62.6 cm³/mol. The van der Waals surface area contributed by atoms with E-state index >= 15 is 0 Å². The van der Waals surface area contributed by atoms with Crippen molar-refractivity contribution in [2.45, 2.75) is 19.4 Å². The number of hydrogen-bond acceptors (Lipinski definition) is 1. The van der Waals surface area contributed by atoms with E-state index in [0.717, 1.165) is 18.5 Å². The van der Waals surface area contributed by atoms with Gasteiger partial charge in [-0.1, -0.05) is 30.7 Å². The zero-order chi connectivity index (χ0) is 11.3. The highest BCUT2D eigenvalue weighted by Crippen LogP contribution is 2.22. The van der Waals surface area contributed by atoms with Gasteiger partial charge < -0.3 is 5.32 Å². The fourth-order valence-electron chi connectivity index (χ4n) is 1.48. The van der Waals surface area contributed by atoms with Gasteiger partial charge in [-0.05, 0) is 30.7 Å². The zero-order valence-corrected chi connectivity index (χ0v) is 9.52. The maximum Gasteiger partial charge on any atom is 0.142 e. The Kier molecular flexibility index (Phi) is 4.79. The molecule has 1 aromatic carbocycles. The molecular weight excluding hydrogens is 213 g/mol. The minimum absolute atomic E-state index is 0.110. The van der Waals surface area contributed by atoms with Crippen molar-refractivity contribution in [2.24, 2.45) is 0 Å². The van der Waals surface area contributed by atoms with Crippen molar-refractivity contribution in [3.63, 3.8) is 0 Å². The Morgan fingerprint density at radius 2 is 2.33 bits per heavy atom. The van der Waals surface area contributed by atoms with Crippen LogP contribution >= 0.6 is 11.6 Å². The third kappa shape index (κ3) is 3.33. The molecule has 1 nitrogen and oxygen atoms in total. The summed E-state index contributed by atoms with van der Waals surface area (Å²) in [6.45, 7) is 6.54. The lowest BCUT2D eigenvalue weighted by Crippen LogP contribution is -2.20. The van der Waals surface area contributed by atoms with Gasteiger partial charge in [-0.15, -0.1) is 6.58 Å². The van der Waals surface area contributed by atoms with E-state index in [2.05, 4.69) is 11.9 Å². The van der Waals surface area contributed by atoms with Crippen molar-refractivity contribution in [2.75, 3.05) is 6.54 Å². The quantitative estimate of drug-likeness (QED) is 0.757. The van der Waals surface area contributed by atoms with Crippen molar-refractivity contribution in [1.82, 2.24) is 5.32 Å². The largest absolute Gasteiger partial charge is 0.310 e. The van der Waals surface area contributed by atoms with Crippen LogP contribution in [-0.4, -0.2) is 6.54 Å². The maximum absolute atomic E-state index is 13.2. The minimum atomic E-state index is -0.374. The monoisotopic (exact) mass is 227 g/mol. The second kappa shape index (κ2) is 5.89. The first kappa shape index (κ1) is 12.2. The average molecular weight is 228 g/mol. The summed E-state index contributed by atoms with van der Waals surface area (Å²) in [7, 11) is 0. The smallest absolute Gasteiger partial charge is 0.142 e. The molecule has 1 rings (SSSR count). The van der Waals surface area contributed by atoms with Crippen molar-refractivity contribution >= 4 is 11.6 Å². The lowest BCUT2D eigenvalue weighted by molar-refractivity contribution is 0.551. The van der Waals surface area contributed by atoms with Crippen LogP contribution in [0.3, 0.4) is 0 Å². The molecule has 15 heavy (non-hydrogen) atoms. The van der Waals surface area contributed by atoms with Gasteiger partial charge in [0.15, 0.2) is 0 Å². The Morgan fingerprint density at radius 3 is 2.87 bits per heavy atom. The van der Waals surface area contributed by atoms with Gasteiger partial charge in [-0.25, -0.2) is 4.39 Å². The molecule has 0 fully saturated rings.